The Labute approximate surface area is 109 Å². The molecule has 1 rings (SSSR count). The third-order valence-corrected chi connectivity index (χ3v) is 2.57. The predicted molar refractivity (Wildman–Crippen MR) is 66.7 cm³/mol. The van der Waals surface area contributed by atoms with Gasteiger partial charge in [-0.05, 0) is 18.1 Å². The molecule has 0 heterocycles. The van der Waals surface area contributed by atoms with Crippen LogP contribution in [-0.2, 0) is 4.79 Å². The summed E-state index contributed by atoms with van der Waals surface area (Å²) < 4.78 is 25.7. The second-order valence-electron chi connectivity index (χ2n) is 4.36. The first-order chi connectivity index (χ1) is 8.86. The Morgan fingerprint density at radius 1 is 1.37 bits per heavy atom. The summed E-state index contributed by atoms with van der Waals surface area (Å²) in [5, 5.41) is 13.8. The summed E-state index contributed by atoms with van der Waals surface area (Å²) in [5.41, 5.74) is 5.53. The SMILES string of the molecule is CC(C)C(C(=O)Nc1ccc(F)c(F)c1)C(N)=NO. The number of amides is 1. The number of amidine groups is 1. The van der Waals surface area contributed by atoms with Crippen LogP contribution in [0.1, 0.15) is 13.8 Å². The van der Waals surface area contributed by atoms with E-state index < -0.39 is 23.5 Å². The summed E-state index contributed by atoms with van der Waals surface area (Å²) in [7, 11) is 0. The molecule has 0 radical (unpaired) electrons. The third-order valence-electron chi connectivity index (χ3n) is 2.57. The number of halogens is 2. The zero-order valence-corrected chi connectivity index (χ0v) is 10.5. The van der Waals surface area contributed by atoms with Crippen LogP contribution >= 0.6 is 0 Å². The number of nitrogens with zero attached hydrogens (tertiary/aromatic N) is 1. The van der Waals surface area contributed by atoms with Crippen molar-refractivity contribution >= 4 is 17.4 Å². The van der Waals surface area contributed by atoms with Crippen LogP contribution in [0.25, 0.3) is 0 Å². The summed E-state index contributed by atoms with van der Waals surface area (Å²) in [6.07, 6.45) is 0. The van der Waals surface area contributed by atoms with Crippen molar-refractivity contribution in [2.45, 2.75) is 13.8 Å². The van der Waals surface area contributed by atoms with E-state index in [2.05, 4.69) is 10.5 Å². The lowest BCUT2D eigenvalue weighted by Gasteiger charge is -2.18. The Hall–Kier alpha value is -2.18. The van der Waals surface area contributed by atoms with Gasteiger partial charge in [-0.1, -0.05) is 19.0 Å². The molecule has 1 unspecified atom stereocenters. The fraction of sp³-hybridized carbons (Fsp3) is 0.333. The van der Waals surface area contributed by atoms with Crippen molar-refractivity contribution in [3.8, 4) is 0 Å². The van der Waals surface area contributed by atoms with E-state index in [-0.39, 0.29) is 17.4 Å². The van der Waals surface area contributed by atoms with Crippen molar-refractivity contribution < 1.29 is 18.8 Å². The van der Waals surface area contributed by atoms with Crippen molar-refractivity contribution in [3.05, 3.63) is 29.8 Å². The van der Waals surface area contributed by atoms with Crippen LogP contribution in [0.4, 0.5) is 14.5 Å². The molecule has 0 aliphatic heterocycles. The lowest BCUT2D eigenvalue weighted by atomic mass is 9.94. The Morgan fingerprint density at radius 2 is 2.00 bits per heavy atom. The van der Waals surface area contributed by atoms with Crippen molar-refractivity contribution in [1.29, 1.82) is 0 Å². The Kier molecular flexibility index (Phi) is 4.80. The largest absolute Gasteiger partial charge is 0.409 e. The summed E-state index contributed by atoms with van der Waals surface area (Å²) in [5.74, 6) is -3.96. The van der Waals surface area contributed by atoms with Crippen LogP contribution in [0.2, 0.25) is 0 Å². The number of benzene rings is 1. The topological polar surface area (TPSA) is 87.7 Å². The molecule has 1 aromatic carbocycles. The summed E-state index contributed by atoms with van der Waals surface area (Å²) in [6, 6.07) is 2.98. The third kappa shape index (κ3) is 3.64. The first-order valence-electron chi connectivity index (χ1n) is 5.60. The molecule has 0 spiro atoms. The molecule has 0 aliphatic rings. The maximum Gasteiger partial charge on any atom is 0.235 e. The second-order valence-corrected chi connectivity index (χ2v) is 4.36. The summed E-state index contributed by atoms with van der Waals surface area (Å²) >= 11 is 0. The van der Waals surface area contributed by atoms with Crippen LogP contribution in [0.15, 0.2) is 23.4 Å². The number of carbonyl (C=O) groups is 1. The second kappa shape index (κ2) is 6.12. The lowest BCUT2D eigenvalue weighted by Crippen LogP contribution is -2.38. The first-order valence-corrected chi connectivity index (χ1v) is 5.60. The maximum absolute atomic E-state index is 13.0. The molecule has 4 N–H and O–H groups in total. The maximum atomic E-state index is 13.0. The molecule has 0 bridgehead atoms. The van der Waals surface area contributed by atoms with Gasteiger partial charge >= 0.3 is 0 Å². The highest BCUT2D eigenvalue weighted by Crippen LogP contribution is 2.17. The van der Waals surface area contributed by atoms with E-state index in [0.29, 0.717) is 0 Å². The fourth-order valence-corrected chi connectivity index (χ4v) is 1.63. The van der Waals surface area contributed by atoms with Crippen LogP contribution < -0.4 is 11.1 Å². The summed E-state index contributed by atoms with van der Waals surface area (Å²) in [6.45, 7) is 3.43. The molecule has 0 saturated heterocycles. The smallest absolute Gasteiger partial charge is 0.235 e. The van der Waals surface area contributed by atoms with E-state index in [1.54, 1.807) is 13.8 Å². The van der Waals surface area contributed by atoms with E-state index in [1.807, 2.05) is 0 Å². The fourth-order valence-electron chi connectivity index (χ4n) is 1.63. The highest BCUT2D eigenvalue weighted by atomic mass is 19.2. The molecule has 0 aromatic heterocycles. The average Bonchev–Trinajstić information content (AvgIpc) is 2.33. The van der Waals surface area contributed by atoms with E-state index in [0.717, 1.165) is 12.1 Å². The Morgan fingerprint density at radius 3 is 2.47 bits per heavy atom. The monoisotopic (exact) mass is 271 g/mol. The number of anilines is 1. The number of nitrogens with two attached hydrogens (primary N) is 1. The number of hydrogen-bond donors (Lipinski definition) is 3. The first kappa shape index (κ1) is 14.9. The Balaban J connectivity index is 2.90. The predicted octanol–water partition coefficient (Wildman–Crippen LogP) is 1.92. The van der Waals surface area contributed by atoms with Gasteiger partial charge in [0.2, 0.25) is 5.91 Å². The molecule has 7 heteroatoms. The highest BCUT2D eigenvalue weighted by Gasteiger charge is 2.26. The van der Waals surface area contributed by atoms with Gasteiger partial charge in [0.1, 0.15) is 5.92 Å². The molecule has 19 heavy (non-hydrogen) atoms. The number of nitrogens with one attached hydrogen (secondary N) is 1. The van der Waals surface area contributed by atoms with Crippen molar-refractivity contribution in [2.75, 3.05) is 5.32 Å². The minimum Gasteiger partial charge on any atom is -0.409 e. The molecule has 5 nitrogen and oxygen atoms in total. The van der Waals surface area contributed by atoms with Gasteiger partial charge in [0.15, 0.2) is 17.5 Å². The van der Waals surface area contributed by atoms with Gasteiger partial charge in [0.25, 0.3) is 0 Å². The van der Waals surface area contributed by atoms with Gasteiger partial charge in [0, 0.05) is 11.8 Å². The zero-order chi connectivity index (χ0) is 14.6. The van der Waals surface area contributed by atoms with E-state index in [4.69, 9.17) is 10.9 Å². The molecular weight excluding hydrogens is 256 g/mol. The normalized spacial score (nSPS) is 13.4. The van der Waals surface area contributed by atoms with Crippen molar-refractivity contribution in [1.82, 2.24) is 0 Å². The minimum atomic E-state index is -1.07. The molecule has 1 atom stereocenters. The summed E-state index contributed by atoms with van der Waals surface area (Å²) in [4.78, 5) is 12.0. The average molecular weight is 271 g/mol. The molecule has 104 valence electrons. The van der Waals surface area contributed by atoms with Crippen LogP contribution in [0, 0.1) is 23.5 Å². The van der Waals surface area contributed by atoms with Crippen LogP contribution in [0.5, 0.6) is 0 Å². The molecule has 1 amide bonds. The van der Waals surface area contributed by atoms with E-state index >= 15 is 0 Å². The van der Waals surface area contributed by atoms with Gasteiger partial charge in [-0.3, -0.25) is 4.79 Å². The van der Waals surface area contributed by atoms with Gasteiger partial charge in [-0.2, -0.15) is 0 Å². The molecule has 0 saturated carbocycles. The minimum absolute atomic E-state index is 0.0975. The zero-order valence-electron chi connectivity index (χ0n) is 10.5. The van der Waals surface area contributed by atoms with Gasteiger partial charge in [-0.15, -0.1) is 0 Å². The number of oxime groups is 1. The Bertz CT molecular complexity index is 504. The van der Waals surface area contributed by atoms with E-state index in [1.165, 1.54) is 6.07 Å². The number of rotatable bonds is 4. The quantitative estimate of drug-likeness (QED) is 0.338. The molecule has 1 aromatic rings. The van der Waals surface area contributed by atoms with Gasteiger partial charge < -0.3 is 16.3 Å². The van der Waals surface area contributed by atoms with Gasteiger partial charge in [-0.25, -0.2) is 8.78 Å². The molecular formula is C12H15F2N3O2. The van der Waals surface area contributed by atoms with Crippen LogP contribution in [-0.4, -0.2) is 17.0 Å². The van der Waals surface area contributed by atoms with Crippen molar-refractivity contribution in [2.24, 2.45) is 22.7 Å². The van der Waals surface area contributed by atoms with Gasteiger partial charge in [0.05, 0.1) is 0 Å². The lowest BCUT2D eigenvalue weighted by molar-refractivity contribution is -0.119. The number of carbonyl (C=O) groups excluding carboxylic acids is 1. The highest BCUT2D eigenvalue weighted by molar-refractivity contribution is 6.07. The van der Waals surface area contributed by atoms with Crippen molar-refractivity contribution in [3.63, 3.8) is 0 Å². The molecule has 0 aliphatic carbocycles. The number of hydrogen-bond acceptors (Lipinski definition) is 3. The molecule has 0 fully saturated rings. The van der Waals surface area contributed by atoms with Crippen LogP contribution in [0.3, 0.4) is 0 Å². The standard InChI is InChI=1S/C12H15F2N3O2/c1-6(2)10(11(15)17-19)12(18)16-7-3-4-8(13)9(14)5-7/h3-6,10,19H,1-2H3,(H2,15,17)(H,16,18). The van der Waals surface area contributed by atoms with E-state index in [9.17, 15) is 13.6 Å².